The van der Waals surface area contributed by atoms with E-state index in [0.29, 0.717) is 33.3 Å². The molecule has 2 N–H and O–H groups in total. The molecule has 0 fully saturated rings. The van der Waals surface area contributed by atoms with Crippen LogP contribution in [0.4, 0.5) is 14.9 Å². The Labute approximate surface area is 169 Å². The predicted molar refractivity (Wildman–Crippen MR) is 108 cm³/mol. The summed E-state index contributed by atoms with van der Waals surface area (Å²) in [6.45, 7) is 0. The van der Waals surface area contributed by atoms with Gasteiger partial charge in [-0.2, -0.15) is 0 Å². The Morgan fingerprint density at radius 2 is 1.89 bits per heavy atom. The van der Waals surface area contributed by atoms with Gasteiger partial charge in [-0.15, -0.1) is 0 Å². The van der Waals surface area contributed by atoms with Crippen LogP contribution in [0.3, 0.4) is 0 Å². The molecule has 0 spiro atoms. The number of nitrogens with zero attached hydrogens (tertiary/aromatic N) is 1. The van der Waals surface area contributed by atoms with Crippen molar-refractivity contribution in [3.05, 3.63) is 76.5 Å². The fourth-order valence-electron chi connectivity index (χ4n) is 2.71. The van der Waals surface area contributed by atoms with Crippen LogP contribution in [0.1, 0.15) is 0 Å². The molecular formula is C20H12Cl2FN3O2. The van der Waals surface area contributed by atoms with Gasteiger partial charge in [-0.05, 0) is 42.5 Å². The van der Waals surface area contributed by atoms with Crippen molar-refractivity contribution in [2.75, 3.05) is 5.32 Å². The molecule has 140 valence electrons. The SMILES string of the molecule is O=C(Nc1cccc(Cl)c1)Oc1ccc2nc(-c3c(F)cccc3Cl)[nH]c2c1. The maximum absolute atomic E-state index is 14.1. The van der Waals surface area contributed by atoms with Crippen molar-refractivity contribution in [1.29, 1.82) is 0 Å². The Hall–Kier alpha value is -3.09. The average molecular weight is 416 g/mol. The van der Waals surface area contributed by atoms with Gasteiger partial charge in [-0.1, -0.05) is 35.3 Å². The Bertz CT molecular complexity index is 1170. The molecule has 28 heavy (non-hydrogen) atoms. The zero-order valence-electron chi connectivity index (χ0n) is 14.2. The second-order valence-electron chi connectivity index (χ2n) is 5.89. The van der Waals surface area contributed by atoms with E-state index in [9.17, 15) is 9.18 Å². The van der Waals surface area contributed by atoms with Gasteiger partial charge in [0.2, 0.25) is 0 Å². The van der Waals surface area contributed by atoms with Crippen LogP contribution in [0.25, 0.3) is 22.4 Å². The van der Waals surface area contributed by atoms with Crippen LogP contribution in [0.2, 0.25) is 10.0 Å². The number of benzene rings is 3. The Balaban J connectivity index is 1.57. The number of carbonyl (C=O) groups excluding carboxylic acids is 1. The number of aromatic amines is 1. The average Bonchev–Trinajstić information content (AvgIpc) is 3.04. The molecule has 0 unspecified atom stereocenters. The molecule has 0 atom stereocenters. The number of rotatable bonds is 3. The fraction of sp³-hybridized carbons (Fsp3) is 0. The number of carbonyl (C=O) groups is 1. The number of H-pyrrole nitrogens is 1. The van der Waals surface area contributed by atoms with Crippen LogP contribution < -0.4 is 10.1 Å². The second kappa shape index (κ2) is 7.50. The van der Waals surface area contributed by atoms with Crippen molar-refractivity contribution < 1.29 is 13.9 Å². The first kappa shape index (κ1) is 18.3. The first-order chi connectivity index (χ1) is 13.5. The molecule has 1 amide bonds. The zero-order valence-corrected chi connectivity index (χ0v) is 15.7. The van der Waals surface area contributed by atoms with Crippen molar-refractivity contribution in [2.45, 2.75) is 0 Å². The standard InChI is InChI=1S/C20H12Cl2FN3O2/c21-11-3-1-4-12(9-11)24-20(27)28-13-7-8-16-17(10-13)26-19(25-16)18-14(22)5-2-6-15(18)23/h1-10H,(H,24,27)(H,25,26). The van der Waals surface area contributed by atoms with Gasteiger partial charge in [0.05, 0.1) is 21.6 Å². The molecule has 8 heteroatoms. The molecule has 0 saturated heterocycles. The molecule has 0 saturated carbocycles. The molecule has 0 aliphatic heterocycles. The summed E-state index contributed by atoms with van der Waals surface area (Å²) in [4.78, 5) is 19.4. The number of amides is 1. The van der Waals surface area contributed by atoms with Gasteiger partial charge in [-0.3, -0.25) is 5.32 Å². The molecule has 0 aliphatic rings. The van der Waals surface area contributed by atoms with Gasteiger partial charge in [0.25, 0.3) is 0 Å². The first-order valence-corrected chi connectivity index (χ1v) is 8.94. The van der Waals surface area contributed by atoms with Gasteiger partial charge in [0.15, 0.2) is 0 Å². The maximum Gasteiger partial charge on any atom is 0.417 e. The van der Waals surface area contributed by atoms with Crippen molar-refractivity contribution in [3.8, 4) is 17.1 Å². The van der Waals surface area contributed by atoms with E-state index in [1.54, 1.807) is 48.5 Å². The number of hydrogen-bond donors (Lipinski definition) is 2. The minimum absolute atomic E-state index is 0.182. The number of imidazole rings is 1. The maximum atomic E-state index is 14.1. The third-order valence-corrected chi connectivity index (χ3v) is 4.48. The number of anilines is 1. The molecule has 0 aliphatic carbocycles. The Morgan fingerprint density at radius 3 is 2.68 bits per heavy atom. The normalized spacial score (nSPS) is 10.8. The van der Waals surface area contributed by atoms with E-state index in [-0.39, 0.29) is 10.6 Å². The Morgan fingerprint density at radius 1 is 1.07 bits per heavy atom. The van der Waals surface area contributed by atoms with E-state index < -0.39 is 11.9 Å². The van der Waals surface area contributed by atoms with Crippen LogP contribution in [-0.2, 0) is 0 Å². The molecule has 4 aromatic rings. The van der Waals surface area contributed by atoms with Crippen molar-refractivity contribution >= 4 is 46.0 Å². The number of nitrogens with one attached hydrogen (secondary N) is 2. The largest absolute Gasteiger partial charge is 0.417 e. The van der Waals surface area contributed by atoms with E-state index in [4.69, 9.17) is 27.9 Å². The highest BCUT2D eigenvalue weighted by atomic mass is 35.5. The number of aromatic nitrogens is 2. The number of fused-ring (bicyclic) bond motifs is 1. The summed E-state index contributed by atoms with van der Waals surface area (Å²) in [5.74, 6) is 0.101. The lowest BCUT2D eigenvalue weighted by Crippen LogP contribution is -2.16. The van der Waals surface area contributed by atoms with Crippen LogP contribution >= 0.6 is 23.2 Å². The topological polar surface area (TPSA) is 67.0 Å². The minimum Gasteiger partial charge on any atom is -0.410 e. The highest BCUT2D eigenvalue weighted by molar-refractivity contribution is 6.33. The van der Waals surface area contributed by atoms with E-state index in [1.807, 2.05) is 0 Å². The lowest BCUT2D eigenvalue weighted by Gasteiger charge is -2.06. The van der Waals surface area contributed by atoms with Crippen molar-refractivity contribution in [3.63, 3.8) is 0 Å². The van der Waals surface area contributed by atoms with Gasteiger partial charge >= 0.3 is 6.09 Å². The van der Waals surface area contributed by atoms with E-state index in [1.165, 1.54) is 12.1 Å². The molecule has 1 heterocycles. The highest BCUT2D eigenvalue weighted by Gasteiger charge is 2.15. The van der Waals surface area contributed by atoms with Crippen LogP contribution in [-0.4, -0.2) is 16.1 Å². The van der Waals surface area contributed by atoms with Crippen molar-refractivity contribution in [1.82, 2.24) is 9.97 Å². The smallest absolute Gasteiger partial charge is 0.410 e. The quantitative estimate of drug-likeness (QED) is 0.413. The third-order valence-electron chi connectivity index (χ3n) is 3.93. The molecule has 3 aromatic carbocycles. The molecule has 4 rings (SSSR count). The summed E-state index contributed by atoms with van der Waals surface area (Å²) in [5.41, 5.74) is 1.84. The third kappa shape index (κ3) is 3.78. The highest BCUT2D eigenvalue weighted by Crippen LogP contribution is 2.31. The molecular weight excluding hydrogens is 404 g/mol. The molecule has 0 bridgehead atoms. The second-order valence-corrected chi connectivity index (χ2v) is 6.73. The van der Waals surface area contributed by atoms with E-state index >= 15 is 0 Å². The monoisotopic (exact) mass is 415 g/mol. The summed E-state index contributed by atoms with van der Waals surface area (Å²) < 4.78 is 19.4. The fourth-order valence-corrected chi connectivity index (χ4v) is 3.15. The van der Waals surface area contributed by atoms with Gasteiger partial charge in [0, 0.05) is 16.8 Å². The zero-order chi connectivity index (χ0) is 19.7. The summed E-state index contributed by atoms with van der Waals surface area (Å²) in [6.07, 6.45) is -0.668. The molecule has 5 nitrogen and oxygen atoms in total. The summed E-state index contributed by atoms with van der Waals surface area (Å²) >= 11 is 12.0. The van der Waals surface area contributed by atoms with E-state index in [2.05, 4.69) is 15.3 Å². The summed E-state index contributed by atoms with van der Waals surface area (Å²) in [5, 5.41) is 3.33. The predicted octanol–water partition coefficient (Wildman–Crippen LogP) is 6.29. The number of halogens is 3. The van der Waals surface area contributed by atoms with Gasteiger partial charge in [-0.25, -0.2) is 14.2 Å². The van der Waals surface area contributed by atoms with Crippen LogP contribution in [0, 0.1) is 5.82 Å². The van der Waals surface area contributed by atoms with Crippen LogP contribution in [0.5, 0.6) is 5.75 Å². The summed E-state index contributed by atoms with van der Waals surface area (Å²) in [7, 11) is 0. The van der Waals surface area contributed by atoms with Gasteiger partial charge < -0.3 is 9.72 Å². The minimum atomic E-state index is -0.668. The van der Waals surface area contributed by atoms with E-state index in [0.717, 1.165) is 0 Å². The lowest BCUT2D eigenvalue weighted by atomic mass is 10.2. The summed E-state index contributed by atoms with van der Waals surface area (Å²) in [6, 6.07) is 16.0. The number of ether oxygens (including phenoxy) is 1. The van der Waals surface area contributed by atoms with Crippen molar-refractivity contribution in [2.24, 2.45) is 0 Å². The Kier molecular flexibility index (Phi) is 4.90. The number of hydrogen-bond acceptors (Lipinski definition) is 3. The first-order valence-electron chi connectivity index (χ1n) is 8.18. The van der Waals surface area contributed by atoms with Gasteiger partial charge in [0.1, 0.15) is 17.4 Å². The van der Waals surface area contributed by atoms with Crippen LogP contribution in [0.15, 0.2) is 60.7 Å². The molecule has 0 radical (unpaired) electrons. The lowest BCUT2D eigenvalue weighted by molar-refractivity contribution is 0.215. The molecule has 1 aromatic heterocycles.